The predicted molar refractivity (Wildman–Crippen MR) is 54.3 cm³/mol. The van der Waals surface area contributed by atoms with E-state index in [2.05, 4.69) is 4.74 Å². The molecular formula is C11H14O2. The highest BCUT2D eigenvalue weighted by atomic mass is 16.5. The first kappa shape index (κ1) is 11.4. The summed E-state index contributed by atoms with van der Waals surface area (Å²) < 4.78 is 4.41. The van der Waals surface area contributed by atoms with Crippen LogP contribution in [-0.4, -0.2) is 13.1 Å². The lowest BCUT2D eigenvalue weighted by Crippen LogP contribution is -1.92. The Morgan fingerprint density at radius 3 is 2.08 bits per heavy atom. The molecule has 0 atom stereocenters. The zero-order valence-electron chi connectivity index (χ0n) is 7.94. The molecule has 70 valence electrons. The van der Waals surface area contributed by atoms with E-state index in [-0.39, 0.29) is 5.97 Å². The maximum Gasteiger partial charge on any atom is 0.330 e. The summed E-state index contributed by atoms with van der Waals surface area (Å²) in [7, 11) is 1.35. The first-order chi connectivity index (χ1) is 6.31. The summed E-state index contributed by atoms with van der Waals surface area (Å²) in [6.45, 7) is 1.95. The monoisotopic (exact) mass is 178 g/mol. The molecule has 0 bridgehead atoms. The van der Waals surface area contributed by atoms with Gasteiger partial charge in [-0.3, -0.25) is 0 Å². The van der Waals surface area contributed by atoms with E-state index in [0.29, 0.717) is 0 Å². The molecular weight excluding hydrogens is 164 g/mol. The summed E-state index contributed by atoms with van der Waals surface area (Å²) in [5.74, 6) is -0.345. The topological polar surface area (TPSA) is 26.3 Å². The highest BCUT2D eigenvalue weighted by Gasteiger charge is 1.85. The molecule has 0 aromatic rings. The lowest BCUT2D eigenvalue weighted by molar-refractivity contribution is -0.134. The molecule has 0 aliphatic carbocycles. The van der Waals surface area contributed by atoms with E-state index in [1.807, 2.05) is 37.3 Å². The summed E-state index contributed by atoms with van der Waals surface area (Å²) in [6.07, 6.45) is 14.2. The number of methoxy groups -OCH3 is 1. The largest absolute Gasteiger partial charge is 0.466 e. The molecule has 0 spiro atoms. The Labute approximate surface area is 78.9 Å². The Kier molecular flexibility index (Phi) is 7.50. The normalized spacial score (nSPS) is 12.5. The number of carbonyl (C=O) groups excluding carboxylic acids is 1. The number of esters is 1. The summed E-state index contributed by atoms with van der Waals surface area (Å²) in [4.78, 5) is 10.6. The zero-order valence-corrected chi connectivity index (χ0v) is 7.94. The van der Waals surface area contributed by atoms with Gasteiger partial charge in [0.25, 0.3) is 0 Å². The molecule has 0 aliphatic heterocycles. The predicted octanol–water partition coefficient (Wildman–Crippen LogP) is 2.40. The minimum Gasteiger partial charge on any atom is -0.466 e. The van der Waals surface area contributed by atoms with Crippen LogP contribution in [0.1, 0.15) is 6.92 Å². The fraction of sp³-hybridized carbons (Fsp3) is 0.182. The molecule has 0 rings (SSSR count). The molecule has 13 heavy (non-hydrogen) atoms. The molecule has 2 nitrogen and oxygen atoms in total. The van der Waals surface area contributed by atoms with Gasteiger partial charge in [-0.2, -0.15) is 0 Å². The van der Waals surface area contributed by atoms with Gasteiger partial charge in [-0.05, 0) is 6.92 Å². The molecule has 2 heteroatoms. The van der Waals surface area contributed by atoms with Crippen molar-refractivity contribution in [1.82, 2.24) is 0 Å². The average molecular weight is 178 g/mol. The molecule has 0 saturated carbocycles. The van der Waals surface area contributed by atoms with E-state index >= 15 is 0 Å². The van der Waals surface area contributed by atoms with Crippen molar-refractivity contribution in [1.29, 1.82) is 0 Å². The standard InChI is InChI=1S/C11H14O2/c1-3-4-5-6-7-8-9-10-11(12)13-2/h3-10H,1-2H3/b4-3+,6-5+,8-7+,10-9+. The van der Waals surface area contributed by atoms with Crippen molar-refractivity contribution < 1.29 is 9.53 Å². The van der Waals surface area contributed by atoms with Crippen LogP contribution in [0.25, 0.3) is 0 Å². The minimum atomic E-state index is -0.345. The van der Waals surface area contributed by atoms with Crippen LogP contribution < -0.4 is 0 Å². The van der Waals surface area contributed by atoms with Crippen LogP contribution in [0.4, 0.5) is 0 Å². The Morgan fingerprint density at radius 2 is 1.54 bits per heavy atom. The molecule has 0 unspecified atom stereocenters. The molecule has 0 aromatic heterocycles. The third-order valence-corrected chi connectivity index (χ3v) is 1.18. The van der Waals surface area contributed by atoms with Crippen LogP contribution in [0.2, 0.25) is 0 Å². The smallest absolute Gasteiger partial charge is 0.330 e. The van der Waals surface area contributed by atoms with Gasteiger partial charge in [0.05, 0.1) is 7.11 Å². The average Bonchev–Trinajstić information content (AvgIpc) is 2.16. The van der Waals surface area contributed by atoms with Crippen molar-refractivity contribution >= 4 is 5.97 Å². The van der Waals surface area contributed by atoms with Gasteiger partial charge < -0.3 is 4.74 Å². The number of hydrogen-bond acceptors (Lipinski definition) is 2. The maximum atomic E-state index is 10.6. The fourth-order valence-corrected chi connectivity index (χ4v) is 0.570. The Hall–Kier alpha value is -1.57. The summed E-state index contributed by atoms with van der Waals surface area (Å²) >= 11 is 0. The third kappa shape index (κ3) is 8.34. The van der Waals surface area contributed by atoms with E-state index in [0.717, 1.165) is 0 Å². The third-order valence-electron chi connectivity index (χ3n) is 1.18. The maximum absolute atomic E-state index is 10.6. The van der Waals surface area contributed by atoms with Crippen LogP contribution >= 0.6 is 0 Å². The lowest BCUT2D eigenvalue weighted by Gasteiger charge is -1.85. The quantitative estimate of drug-likeness (QED) is 0.375. The van der Waals surface area contributed by atoms with E-state index in [4.69, 9.17) is 0 Å². The summed E-state index contributed by atoms with van der Waals surface area (Å²) in [6, 6.07) is 0. The van der Waals surface area contributed by atoms with E-state index < -0.39 is 0 Å². The van der Waals surface area contributed by atoms with Crippen LogP contribution in [0.15, 0.2) is 48.6 Å². The van der Waals surface area contributed by atoms with Crippen LogP contribution in [0, 0.1) is 0 Å². The van der Waals surface area contributed by atoms with Gasteiger partial charge in [0.1, 0.15) is 0 Å². The molecule has 0 aliphatic rings. The van der Waals surface area contributed by atoms with Crippen molar-refractivity contribution in [3.63, 3.8) is 0 Å². The number of ether oxygens (including phenoxy) is 1. The number of hydrogen-bond donors (Lipinski definition) is 0. The molecule has 0 heterocycles. The van der Waals surface area contributed by atoms with Gasteiger partial charge >= 0.3 is 5.97 Å². The van der Waals surface area contributed by atoms with Gasteiger partial charge in [0, 0.05) is 6.08 Å². The number of allylic oxidation sites excluding steroid dienone is 7. The molecule has 0 N–H and O–H groups in total. The van der Waals surface area contributed by atoms with E-state index in [1.54, 1.807) is 12.2 Å². The summed E-state index contributed by atoms with van der Waals surface area (Å²) in [5.41, 5.74) is 0. The van der Waals surface area contributed by atoms with Crippen LogP contribution in [-0.2, 0) is 9.53 Å². The fourth-order valence-electron chi connectivity index (χ4n) is 0.570. The van der Waals surface area contributed by atoms with Crippen molar-refractivity contribution in [3.05, 3.63) is 48.6 Å². The van der Waals surface area contributed by atoms with E-state index in [9.17, 15) is 4.79 Å². The van der Waals surface area contributed by atoms with Crippen LogP contribution in [0.3, 0.4) is 0 Å². The highest BCUT2D eigenvalue weighted by molar-refractivity contribution is 5.82. The Balaban J connectivity index is 3.75. The van der Waals surface area contributed by atoms with Gasteiger partial charge in [0.2, 0.25) is 0 Å². The van der Waals surface area contributed by atoms with Gasteiger partial charge in [-0.25, -0.2) is 4.79 Å². The first-order valence-corrected chi connectivity index (χ1v) is 4.02. The highest BCUT2D eigenvalue weighted by Crippen LogP contribution is 1.83. The van der Waals surface area contributed by atoms with Gasteiger partial charge in [0.15, 0.2) is 0 Å². The van der Waals surface area contributed by atoms with Crippen molar-refractivity contribution in [3.8, 4) is 0 Å². The number of carbonyl (C=O) groups is 1. The zero-order chi connectivity index (χ0) is 9.94. The van der Waals surface area contributed by atoms with Crippen molar-refractivity contribution in [2.24, 2.45) is 0 Å². The molecule has 0 amide bonds. The molecule has 0 fully saturated rings. The minimum absolute atomic E-state index is 0.345. The second-order valence-electron chi connectivity index (χ2n) is 2.18. The van der Waals surface area contributed by atoms with Gasteiger partial charge in [-0.1, -0.05) is 42.5 Å². The molecule has 0 aromatic carbocycles. The molecule has 0 radical (unpaired) electrons. The summed E-state index contributed by atoms with van der Waals surface area (Å²) in [5, 5.41) is 0. The SMILES string of the molecule is C/C=C/C=C/C=C/C=C/C(=O)OC. The Morgan fingerprint density at radius 1 is 1.00 bits per heavy atom. The second kappa shape index (κ2) is 8.53. The van der Waals surface area contributed by atoms with Crippen molar-refractivity contribution in [2.45, 2.75) is 6.92 Å². The lowest BCUT2D eigenvalue weighted by atomic mass is 10.4. The second-order valence-corrected chi connectivity index (χ2v) is 2.18. The van der Waals surface area contributed by atoms with Crippen molar-refractivity contribution in [2.75, 3.05) is 7.11 Å². The van der Waals surface area contributed by atoms with Crippen LogP contribution in [0.5, 0.6) is 0 Å². The van der Waals surface area contributed by atoms with E-state index in [1.165, 1.54) is 13.2 Å². The Bertz CT molecular complexity index is 245. The number of rotatable bonds is 4. The first-order valence-electron chi connectivity index (χ1n) is 4.02. The van der Waals surface area contributed by atoms with Gasteiger partial charge in [-0.15, -0.1) is 0 Å². The molecule has 0 saturated heterocycles.